The van der Waals surface area contributed by atoms with Crippen molar-refractivity contribution in [1.82, 2.24) is 4.90 Å². The fourth-order valence-electron chi connectivity index (χ4n) is 5.15. The topological polar surface area (TPSA) is 79.3 Å². The maximum Gasteiger partial charge on any atom is 0.416 e. The van der Waals surface area contributed by atoms with Gasteiger partial charge in [-0.25, -0.2) is 4.79 Å². The second-order valence-corrected chi connectivity index (χ2v) is 9.43. The summed E-state index contributed by atoms with van der Waals surface area (Å²) in [6, 6.07) is 12.2. The number of halogens is 3. The van der Waals surface area contributed by atoms with Gasteiger partial charge in [0.2, 0.25) is 0 Å². The maximum atomic E-state index is 13.1. The van der Waals surface area contributed by atoms with Gasteiger partial charge in [0, 0.05) is 49.3 Å². The van der Waals surface area contributed by atoms with Crippen molar-refractivity contribution < 1.29 is 37.3 Å². The van der Waals surface area contributed by atoms with Crippen LogP contribution in [0.3, 0.4) is 0 Å². The number of nitrogens with zero attached hydrogens (tertiary/aromatic N) is 2. The van der Waals surface area contributed by atoms with Crippen LogP contribution in [0.2, 0.25) is 0 Å². The molecule has 3 aliphatic rings. The highest BCUT2D eigenvalue weighted by Gasteiger charge is 2.44. The minimum absolute atomic E-state index is 0.0719. The molecule has 2 unspecified atom stereocenters. The van der Waals surface area contributed by atoms with Crippen LogP contribution in [0.4, 0.5) is 18.9 Å². The van der Waals surface area contributed by atoms with Gasteiger partial charge in [0.15, 0.2) is 0 Å². The Balaban J connectivity index is 1.19. The number of hydrogen-bond acceptors (Lipinski definition) is 5. The monoisotopic (exact) mass is 490 g/mol. The number of alkyl halides is 3. The van der Waals surface area contributed by atoms with Crippen LogP contribution in [0.1, 0.15) is 21.5 Å². The van der Waals surface area contributed by atoms with E-state index in [4.69, 9.17) is 14.6 Å². The number of carbonyl (C=O) groups is 2. The Morgan fingerprint density at radius 2 is 1.57 bits per heavy atom. The summed E-state index contributed by atoms with van der Waals surface area (Å²) in [7, 11) is 0. The van der Waals surface area contributed by atoms with Gasteiger partial charge in [-0.15, -0.1) is 0 Å². The molecular weight excluding hydrogens is 465 g/mol. The van der Waals surface area contributed by atoms with Crippen LogP contribution in [0, 0.1) is 11.8 Å². The molecule has 0 saturated carbocycles. The highest BCUT2D eigenvalue weighted by Crippen LogP contribution is 2.37. The maximum absolute atomic E-state index is 13.1. The molecule has 0 aromatic heterocycles. The molecule has 1 amide bonds. The van der Waals surface area contributed by atoms with Gasteiger partial charge in [-0.3, -0.25) is 4.79 Å². The van der Waals surface area contributed by atoms with E-state index in [-0.39, 0.29) is 31.0 Å². The van der Waals surface area contributed by atoms with Crippen LogP contribution in [0.5, 0.6) is 0 Å². The SMILES string of the molecule is O=C(O)COC1(c2ccc(C(=O)N3CC4CN(c5ccc(C(F)(F)F)cc5)CC4C3)cc2)COC1. The lowest BCUT2D eigenvalue weighted by Crippen LogP contribution is -2.49. The van der Waals surface area contributed by atoms with E-state index >= 15 is 0 Å². The van der Waals surface area contributed by atoms with Crippen LogP contribution >= 0.6 is 0 Å². The van der Waals surface area contributed by atoms with E-state index in [9.17, 15) is 22.8 Å². The van der Waals surface area contributed by atoms with Gasteiger partial charge in [0.25, 0.3) is 5.91 Å². The number of carboxylic acids is 1. The normalized spacial score (nSPS) is 23.2. The lowest BCUT2D eigenvalue weighted by molar-refractivity contribution is -0.220. The summed E-state index contributed by atoms with van der Waals surface area (Å²) in [5, 5.41) is 8.91. The first-order valence-electron chi connectivity index (χ1n) is 11.4. The number of amides is 1. The standard InChI is InChI=1S/C25H25F3N2O5/c26-25(27,28)20-5-7-21(8-6-20)29-9-17-11-30(12-18(17)10-29)23(33)16-1-3-19(4-2-16)24(14-34-15-24)35-13-22(31)32/h1-8,17-18H,9-15H2,(H,31,32). The van der Waals surface area contributed by atoms with Crippen LogP contribution < -0.4 is 4.90 Å². The third-order valence-electron chi connectivity index (χ3n) is 7.13. The number of rotatable bonds is 6. The molecule has 2 aromatic carbocycles. The van der Waals surface area contributed by atoms with Crippen LogP contribution in [0.15, 0.2) is 48.5 Å². The molecule has 3 fully saturated rings. The zero-order valence-electron chi connectivity index (χ0n) is 18.8. The van der Waals surface area contributed by atoms with E-state index in [1.807, 2.05) is 4.90 Å². The summed E-state index contributed by atoms with van der Waals surface area (Å²) >= 11 is 0. The average molecular weight is 490 g/mol. The molecule has 0 aliphatic carbocycles. The third-order valence-corrected chi connectivity index (χ3v) is 7.13. The largest absolute Gasteiger partial charge is 0.480 e. The number of hydrogen-bond donors (Lipinski definition) is 1. The van der Waals surface area contributed by atoms with Crippen molar-refractivity contribution in [2.24, 2.45) is 11.8 Å². The fourth-order valence-corrected chi connectivity index (χ4v) is 5.15. The van der Waals surface area contributed by atoms with Gasteiger partial charge in [-0.1, -0.05) is 12.1 Å². The van der Waals surface area contributed by atoms with Crippen LogP contribution in [-0.4, -0.2) is 67.9 Å². The smallest absolute Gasteiger partial charge is 0.416 e. The quantitative estimate of drug-likeness (QED) is 0.670. The molecule has 2 aromatic rings. The molecular formula is C25H25F3N2O5. The number of ether oxygens (including phenoxy) is 2. The number of anilines is 1. The molecule has 0 bridgehead atoms. The van der Waals surface area contributed by atoms with E-state index in [0.717, 1.165) is 23.4 Å². The zero-order valence-corrected chi connectivity index (χ0v) is 18.8. The predicted octanol–water partition coefficient (Wildman–Crippen LogP) is 3.24. The summed E-state index contributed by atoms with van der Waals surface area (Å²) in [4.78, 5) is 27.9. The lowest BCUT2D eigenvalue weighted by Gasteiger charge is -2.41. The van der Waals surface area contributed by atoms with Gasteiger partial charge in [0.05, 0.1) is 18.8 Å². The highest BCUT2D eigenvalue weighted by molar-refractivity contribution is 5.94. The molecule has 3 saturated heterocycles. The van der Waals surface area contributed by atoms with E-state index in [1.54, 1.807) is 24.3 Å². The summed E-state index contributed by atoms with van der Waals surface area (Å²) < 4.78 is 49.3. The molecule has 186 valence electrons. The van der Waals surface area contributed by atoms with Crippen LogP contribution in [-0.2, 0) is 26.0 Å². The van der Waals surface area contributed by atoms with Gasteiger partial charge >= 0.3 is 12.1 Å². The first-order valence-corrected chi connectivity index (χ1v) is 11.4. The Labute approximate surface area is 200 Å². The van der Waals surface area contributed by atoms with Crippen molar-refractivity contribution in [3.05, 3.63) is 65.2 Å². The van der Waals surface area contributed by atoms with E-state index < -0.39 is 29.9 Å². The Morgan fingerprint density at radius 3 is 2.06 bits per heavy atom. The Hall–Kier alpha value is -3.11. The second kappa shape index (κ2) is 8.83. The van der Waals surface area contributed by atoms with Gasteiger partial charge in [-0.2, -0.15) is 13.2 Å². The Bertz CT molecular complexity index is 1090. The summed E-state index contributed by atoms with van der Waals surface area (Å²) in [6.45, 7) is 2.69. The van der Waals surface area contributed by atoms with Gasteiger partial charge in [0.1, 0.15) is 12.2 Å². The molecule has 10 heteroatoms. The average Bonchev–Trinajstić information content (AvgIpc) is 3.37. The van der Waals surface area contributed by atoms with Gasteiger partial charge < -0.3 is 24.4 Å². The molecule has 35 heavy (non-hydrogen) atoms. The summed E-state index contributed by atoms with van der Waals surface area (Å²) in [5.74, 6) is -0.599. The van der Waals surface area contributed by atoms with E-state index in [0.29, 0.717) is 31.7 Å². The van der Waals surface area contributed by atoms with E-state index in [2.05, 4.69) is 4.90 Å². The molecule has 7 nitrogen and oxygen atoms in total. The number of benzene rings is 2. The first kappa shape index (κ1) is 23.6. The van der Waals surface area contributed by atoms with Crippen molar-refractivity contribution >= 4 is 17.6 Å². The first-order chi connectivity index (χ1) is 16.6. The van der Waals surface area contributed by atoms with Gasteiger partial charge in [-0.05, 0) is 42.0 Å². The van der Waals surface area contributed by atoms with Crippen molar-refractivity contribution in [2.45, 2.75) is 11.8 Å². The van der Waals surface area contributed by atoms with Crippen molar-refractivity contribution in [1.29, 1.82) is 0 Å². The molecule has 0 spiro atoms. The minimum Gasteiger partial charge on any atom is -0.480 e. The lowest BCUT2D eigenvalue weighted by atomic mass is 9.91. The fraction of sp³-hybridized carbons (Fsp3) is 0.440. The highest BCUT2D eigenvalue weighted by atomic mass is 19.4. The molecule has 5 rings (SSSR count). The molecule has 2 atom stereocenters. The molecule has 0 radical (unpaired) electrons. The third kappa shape index (κ3) is 4.60. The Morgan fingerprint density at radius 1 is 0.971 bits per heavy atom. The predicted molar refractivity (Wildman–Crippen MR) is 119 cm³/mol. The summed E-state index contributed by atoms with van der Waals surface area (Å²) in [6.07, 6.45) is -4.35. The zero-order chi connectivity index (χ0) is 24.8. The number of fused-ring (bicyclic) bond motifs is 1. The van der Waals surface area contributed by atoms with Crippen molar-refractivity contribution in [2.75, 3.05) is 50.9 Å². The molecule has 1 N–H and O–H groups in total. The summed E-state index contributed by atoms with van der Waals surface area (Å²) in [5.41, 5.74) is 0.619. The second-order valence-electron chi connectivity index (χ2n) is 9.43. The number of likely N-dealkylation sites (tertiary alicyclic amines) is 1. The number of carbonyl (C=O) groups excluding carboxylic acids is 1. The minimum atomic E-state index is -4.35. The van der Waals surface area contributed by atoms with Crippen molar-refractivity contribution in [3.8, 4) is 0 Å². The van der Waals surface area contributed by atoms with E-state index in [1.165, 1.54) is 12.1 Å². The van der Waals surface area contributed by atoms with Crippen molar-refractivity contribution in [3.63, 3.8) is 0 Å². The molecule has 3 aliphatic heterocycles. The molecule has 3 heterocycles. The number of aliphatic carboxylic acids is 1. The Kier molecular flexibility index (Phi) is 5.96. The number of carboxylic acid groups (broad SMARTS) is 1. The van der Waals surface area contributed by atoms with Crippen LogP contribution in [0.25, 0.3) is 0 Å².